The number of thiophene rings is 1. The Hall–Kier alpha value is -0.500. The average Bonchev–Trinajstić information content (AvgIpc) is 2.47. The van der Waals surface area contributed by atoms with E-state index in [1.54, 1.807) is 11.3 Å². The first kappa shape index (κ1) is 10.0. The molecule has 0 N–H and O–H groups in total. The van der Waals surface area contributed by atoms with Crippen molar-refractivity contribution in [3.05, 3.63) is 44.6 Å². The van der Waals surface area contributed by atoms with Gasteiger partial charge in [0, 0.05) is 9.90 Å². The van der Waals surface area contributed by atoms with Gasteiger partial charge in [0.05, 0.1) is 4.34 Å². The van der Waals surface area contributed by atoms with E-state index in [1.165, 1.54) is 10.4 Å². The van der Waals surface area contributed by atoms with Gasteiger partial charge >= 0.3 is 0 Å². The molecule has 3 heteroatoms. The van der Waals surface area contributed by atoms with Crippen molar-refractivity contribution >= 4 is 34.5 Å². The molecule has 1 heterocycles. The van der Waals surface area contributed by atoms with Crippen molar-refractivity contribution < 1.29 is 0 Å². The zero-order valence-electron chi connectivity index (χ0n) is 7.55. The van der Waals surface area contributed by atoms with Gasteiger partial charge in [-0.3, -0.25) is 0 Å². The second-order valence-corrected chi connectivity index (χ2v) is 5.35. The molecule has 0 aliphatic rings. The molecule has 0 aliphatic carbocycles. The number of hydrogen-bond acceptors (Lipinski definition) is 1. The van der Waals surface area contributed by atoms with E-state index in [4.69, 9.17) is 23.2 Å². The highest BCUT2D eigenvalue weighted by molar-refractivity contribution is 7.16. The van der Waals surface area contributed by atoms with Gasteiger partial charge in [-0.15, -0.1) is 11.3 Å². The zero-order valence-corrected chi connectivity index (χ0v) is 9.88. The second kappa shape index (κ2) is 3.93. The molecule has 0 nitrogen and oxygen atoms in total. The molecule has 2 aromatic rings. The van der Waals surface area contributed by atoms with Gasteiger partial charge in [-0.25, -0.2) is 0 Å². The molecule has 0 atom stereocenters. The van der Waals surface area contributed by atoms with Gasteiger partial charge in [-0.2, -0.15) is 0 Å². The Labute approximate surface area is 97.1 Å². The fraction of sp³-hybridized carbons (Fsp3) is 0.0909. The van der Waals surface area contributed by atoms with E-state index < -0.39 is 0 Å². The monoisotopic (exact) mass is 242 g/mol. The summed E-state index contributed by atoms with van der Waals surface area (Å²) >= 11 is 13.4. The molecule has 0 amide bonds. The third kappa shape index (κ3) is 1.95. The minimum atomic E-state index is 0.757. The Morgan fingerprint density at radius 3 is 2.21 bits per heavy atom. The third-order valence-corrected chi connectivity index (χ3v) is 3.47. The van der Waals surface area contributed by atoms with Crippen molar-refractivity contribution in [1.29, 1.82) is 0 Å². The van der Waals surface area contributed by atoms with Crippen LogP contribution in [0.4, 0.5) is 0 Å². The maximum atomic E-state index is 5.94. The number of hydrogen-bond donors (Lipinski definition) is 0. The molecular weight excluding hydrogens is 235 g/mol. The van der Waals surface area contributed by atoms with Crippen LogP contribution in [0.1, 0.15) is 4.88 Å². The summed E-state index contributed by atoms with van der Waals surface area (Å²) in [7, 11) is 0. The molecule has 1 aromatic carbocycles. The highest BCUT2D eigenvalue weighted by Crippen LogP contribution is 2.33. The molecule has 0 radical (unpaired) electrons. The van der Waals surface area contributed by atoms with Crippen LogP contribution in [0, 0.1) is 6.92 Å². The highest BCUT2D eigenvalue weighted by Gasteiger charge is 2.05. The summed E-state index contributed by atoms with van der Waals surface area (Å²) in [6.45, 7) is 2.07. The van der Waals surface area contributed by atoms with E-state index in [2.05, 4.69) is 6.92 Å². The van der Waals surface area contributed by atoms with Gasteiger partial charge in [0.2, 0.25) is 0 Å². The first-order valence-electron chi connectivity index (χ1n) is 4.18. The van der Waals surface area contributed by atoms with E-state index in [1.807, 2.05) is 30.3 Å². The van der Waals surface area contributed by atoms with Gasteiger partial charge in [0.25, 0.3) is 0 Å². The standard InChI is InChI=1S/C11H8Cl2S/c1-7-10(6-11(13)14-7)8-2-4-9(12)5-3-8/h2-6H,1H3. The molecule has 2 rings (SSSR count). The number of halogens is 2. The Balaban J connectivity index is 2.49. The second-order valence-electron chi connectivity index (χ2n) is 3.03. The van der Waals surface area contributed by atoms with Crippen LogP contribution in [-0.2, 0) is 0 Å². The lowest BCUT2D eigenvalue weighted by atomic mass is 10.1. The topological polar surface area (TPSA) is 0 Å². The van der Waals surface area contributed by atoms with Crippen LogP contribution in [0.15, 0.2) is 30.3 Å². The summed E-state index contributed by atoms with van der Waals surface area (Å²) in [6.07, 6.45) is 0. The average molecular weight is 243 g/mol. The molecule has 0 bridgehead atoms. The van der Waals surface area contributed by atoms with Crippen molar-refractivity contribution in [3.63, 3.8) is 0 Å². The van der Waals surface area contributed by atoms with Crippen LogP contribution in [0.3, 0.4) is 0 Å². The third-order valence-electron chi connectivity index (χ3n) is 2.04. The first-order chi connectivity index (χ1) is 6.66. The largest absolute Gasteiger partial charge is 0.128 e. The van der Waals surface area contributed by atoms with Crippen LogP contribution >= 0.6 is 34.5 Å². The molecule has 0 unspecified atom stereocenters. The lowest BCUT2D eigenvalue weighted by Crippen LogP contribution is -1.75. The minimum Gasteiger partial charge on any atom is -0.128 e. The van der Waals surface area contributed by atoms with Crippen molar-refractivity contribution in [2.24, 2.45) is 0 Å². The summed E-state index contributed by atoms with van der Waals surface area (Å²) in [5, 5.41) is 0.757. The zero-order chi connectivity index (χ0) is 10.1. The summed E-state index contributed by atoms with van der Waals surface area (Å²) in [5.41, 5.74) is 2.35. The Morgan fingerprint density at radius 1 is 1.07 bits per heavy atom. The van der Waals surface area contributed by atoms with E-state index in [0.717, 1.165) is 14.9 Å². The lowest BCUT2D eigenvalue weighted by Gasteiger charge is -1.99. The molecule has 0 aliphatic heterocycles. The summed E-state index contributed by atoms with van der Waals surface area (Å²) < 4.78 is 0.826. The maximum Gasteiger partial charge on any atom is 0.0937 e. The summed E-state index contributed by atoms with van der Waals surface area (Å²) in [5.74, 6) is 0. The summed E-state index contributed by atoms with van der Waals surface area (Å²) in [6, 6.07) is 9.79. The molecule has 0 saturated carbocycles. The predicted molar refractivity (Wildman–Crippen MR) is 64.5 cm³/mol. The van der Waals surface area contributed by atoms with E-state index in [0.29, 0.717) is 0 Å². The van der Waals surface area contributed by atoms with Crippen LogP contribution < -0.4 is 0 Å². The van der Waals surface area contributed by atoms with Crippen molar-refractivity contribution in [2.45, 2.75) is 6.92 Å². The van der Waals surface area contributed by atoms with Crippen LogP contribution in [0.2, 0.25) is 9.36 Å². The van der Waals surface area contributed by atoms with Crippen LogP contribution in [0.5, 0.6) is 0 Å². The maximum absolute atomic E-state index is 5.94. The summed E-state index contributed by atoms with van der Waals surface area (Å²) in [4.78, 5) is 1.23. The Bertz CT molecular complexity index is 443. The van der Waals surface area contributed by atoms with Crippen molar-refractivity contribution in [1.82, 2.24) is 0 Å². The smallest absolute Gasteiger partial charge is 0.0937 e. The Morgan fingerprint density at radius 2 is 1.71 bits per heavy atom. The molecule has 1 aromatic heterocycles. The molecule has 0 fully saturated rings. The van der Waals surface area contributed by atoms with Crippen molar-refractivity contribution in [3.8, 4) is 11.1 Å². The fourth-order valence-electron chi connectivity index (χ4n) is 1.36. The molecule has 0 saturated heterocycles. The van der Waals surface area contributed by atoms with E-state index in [9.17, 15) is 0 Å². The van der Waals surface area contributed by atoms with Crippen LogP contribution in [-0.4, -0.2) is 0 Å². The van der Waals surface area contributed by atoms with Gasteiger partial charge in [0.1, 0.15) is 0 Å². The van der Waals surface area contributed by atoms with E-state index >= 15 is 0 Å². The molecule has 0 spiro atoms. The minimum absolute atomic E-state index is 0.757. The van der Waals surface area contributed by atoms with Crippen molar-refractivity contribution in [2.75, 3.05) is 0 Å². The van der Waals surface area contributed by atoms with Crippen LogP contribution in [0.25, 0.3) is 11.1 Å². The number of benzene rings is 1. The SMILES string of the molecule is Cc1sc(Cl)cc1-c1ccc(Cl)cc1. The predicted octanol–water partition coefficient (Wildman–Crippen LogP) is 5.03. The Kier molecular flexibility index (Phi) is 2.82. The van der Waals surface area contributed by atoms with E-state index in [-0.39, 0.29) is 0 Å². The molecular formula is C11H8Cl2S. The van der Waals surface area contributed by atoms with Gasteiger partial charge in [0.15, 0.2) is 0 Å². The van der Waals surface area contributed by atoms with Gasteiger partial charge < -0.3 is 0 Å². The lowest BCUT2D eigenvalue weighted by molar-refractivity contribution is 1.58. The van der Waals surface area contributed by atoms with Gasteiger partial charge in [-0.05, 0) is 36.2 Å². The quantitative estimate of drug-likeness (QED) is 0.658. The number of aryl methyl sites for hydroxylation is 1. The highest BCUT2D eigenvalue weighted by atomic mass is 35.5. The van der Waals surface area contributed by atoms with Gasteiger partial charge in [-0.1, -0.05) is 35.3 Å². The molecule has 14 heavy (non-hydrogen) atoms. The number of rotatable bonds is 1. The first-order valence-corrected chi connectivity index (χ1v) is 5.76. The normalized spacial score (nSPS) is 10.5. The fourth-order valence-corrected chi connectivity index (χ4v) is 2.70. The molecule has 72 valence electrons.